The Labute approximate surface area is 171 Å². The van der Waals surface area contributed by atoms with Crippen LogP contribution < -0.4 is 0 Å². The summed E-state index contributed by atoms with van der Waals surface area (Å²) in [6.45, 7) is 16.6. The molecule has 1 nitrogen and oxygen atoms in total. The van der Waals surface area contributed by atoms with E-state index in [0.29, 0.717) is 10.8 Å². The molecule has 8 atom stereocenters. The lowest BCUT2D eigenvalue weighted by molar-refractivity contribution is -0.0181. The fourth-order valence-corrected chi connectivity index (χ4v) is 8.29. The summed E-state index contributed by atoms with van der Waals surface area (Å²) in [5.41, 5.74) is 1.14. The van der Waals surface area contributed by atoms with Crippen molar-refractivity contribution in [3.8, 4) is 0 Å². The molecule has 0 radical (unpaired) electrons. The van der Waals surface area contributed by atoms with Gasteiger partial charge in [-0.3, -0.25) is 0 Å². The molecule has 0 N–H and O–H groups in total. The lowest BCUT2D eigenvalue weighted by Gasteiger charge is -2.51. The predicted molar refractivity (Wildman–Crippen MR) is 119 cm³/mol. The summed E-state index contributed by atoms with van der Waals surface area (Å²) in [4.78, 5) is 2.62. The van der Waals surface area contributed by atoms with E-state index >= 15 is 0 Å². The van der Waals surface area contributed by atoms with E-state index in [0.717, 1.165) is 35.6 Å². The molecule has 3 aliphatic rings. The van der Waals surface area contributed by atoms with E-state index in [1.165, 1.54) is 70.8 Å². The van der Waals surface area contributed by atoms with Crippen LogP contribution in [-0.2, 0) is 0 Å². The zero-order valence-electron chi connectivity index (χ0n) is 19.7. The maximum atomic E-state index is 2.72. The molecule has 158 valence electrons. The Hall–Kier alpha value is -0.0400. The molecule has 3 rings (SSSR count). The number of hydrogen-bond acceptors (Lipinski definition) is 1. The van der Waals surface area contributed by atoms with Crippen molar-refractivity contribution in [2.24, 2.45) is 40.4 Å². The zero-order chi connectivity index (χ0) is 19.8. The van der Waals surface area contributed by atoms with Crippen LogP contribution in [-0.4, -0.2) is 24.5 Å². The van der Waals surface area contributed by atoms with Crippen molar-refractivity contribution in [2.45, 2.75) is 112 Å². The summed E-state index contributed by atoms with van der Waals surface area (Å²) in [5, 5.41) is 0. The highest BCUT2D eigenvalue weighted by Gasteiger charge is 2.54. The Balaban J connectivity index is 1.93. The molecule has 0 aromatic rings. The molecule has 0 aromatic heterocycles. The highest BCUT2D eigenvalue weighted by atomic mass is 15.1. The first-order valence-electron chi connectivity index (χ1n) is 12.5. The van der Waals surface area contributed by atoms with E-state index in [-0.39, 0.29) is 0 Å². The number of rotatable bonds is 4. The Morgan fingerprint density at radius 3 is 2.33 bits per heavy atom. The van der Waals surface area contributed by atoms with E-state index in [1.807, 2.05) is 0 Å². The fraction of sp³-hybridized carbons (Fsp3) is 1.00. The molecule has 3 saturated carbocycles. The van der Waals surface area contributed by atoms with Crippen LogP contribution in [0.3, 0.4) is 0 Å². The van der Waals surface area contributed by atoms with E-state index in [2.05, 4.69) is 53.5 Å². The molecule has 8 unspecified atom stereocenters. The highest BCUT2D eigenvalue weighted by Crippen LogP contribution is 2.61. The first-order valence-corrected chi connectivity index (χ1v) is 12.5. The Morgan fingerprint density at radius 2 is 1.67 bits per heavy atom. The summed E-state index contributed by atoms with van der Waals surface area (Å²) in [6, 6.07) is 0.731. The molecule has 3 fully saturated rings. The fourth-order valence-electron chi connectivity index (χ4n) is 8.29. The van der Waals surface area contributed by atoms with Gasteiger partial charge in [0.2, 0.25) is 0 Å². The molecule has 1 heteroatoms. The Bertz CT molecular complexity index is 487. The minimum absolute atomic E-state index is 0.551. The predicted octanol–water partition coefficient (Wildman–Crippen LogP) is 7.40. The van der Waals surface area contributed by atoms with E-state index in [4.69, 9.17) is 0 Å². The van der Waals surface area contributed by atoms with Crippen molar-refractivity contribution in [1.29, 1.82) is 0 Å². The molecule has 3 aliphatic carbocycles. The van der Waals surface area contributed by atoms with Crippen LogP contribution in [0.4, 0.5) is 0 Å². The summed E-state index contributed by atoms with van der Waals surface area (Å²) in [7, 11) is 2.35. The van der Waals surface area contributed by atoms with Crippen molar-refractivity contribution in [1.82, 2.24) is 4.90 Å². The van der Waals surface area contributed by atoms with Crippen LogP contribution >= 0.6 is 0 Å². The van der Waals surface area contributed by atoms with Crippen molar-refractivity contribution >= 4 is 0 Å². The highest BCUT2D eigenvalue weighted by molar-refractivity contribution is 5.04. The molecular weight excluding hydrogens is 326 g/mol. The third-order valence-electron chi connectivity index (χ3n) is 10.6. The van der Waals surface area contributed by atoms with E-state index in [1.54, 1.807) is 0 Å². The first kappa shape index (κ1) is 21.7. The van der Waals surface area contributed by atoms with Crippen molar-refractivity contribution in [2.75, 3.05) is 13.6 Å². The standard InChI is InChI=1S/C26H49N/c1-8-21-13-14-22-15-16-23(20(4)27(7)9-2)26(22,6)18-19(3)25(5)17-11-10-12-24(21)25/h19-24H,8-18H2,1-7H3. The van der Waals surface area contributed by atoms with Gasteiger partial charge >= 0.3 is 0 Å². The average molecular weight is 376 g/mol. The van der Waals surface area contributed by atoms with Crippen LogP contribution in [0.25, 0.3) is 0 Å². The molecule has 0 bridgehead atoms. The normalized spacial score (nSPS) is 46.9. The molecule has 0 amide bonds. The zero-order valence-corrected chi connectivity index (χ0v) is 19.7. The smallest absolute Gasteiger partial charge is 0.00973 e. The summed E-state index contributed by atoms with van der Waals surface area (Å²) in [6.07, 6.45) is 14.8. The van der Waals surface area contributed by atoms with Gasteiger partial charge in [0.1, 0.15) is 0 Å². The van der Waals surface area contributed by atoms with Gasteiger partial charge in [-0.1, -0.05) is 53.9 Å². The van der Waals surface area contributed by atoms with Crippen molar-refractivity contribution < 1.29 is 0 Å². The molecular formula is C26H49N. The number of fused-ring (bicyclic) bond motifs is 2. The molecule has 0 spiro atoms. The summed E-state index contributed by atoms with van der Waals surface area (Å²) < 4.78 is 0. The van der Waals surface area contributed by atoms with Gasteiger partial charge in [0.15, 0.2) is 0 Å². The first-order chi connectivity index (χ1) is 12.8. The van der Waals surface area contributed by atoms with Gasteiger partial charge in [-0.2, -0.15) is 0 Å². The lowest BCUT2D eigenvalue weighted by Crippen LogP contribution is -2.46. The average Bonchev–Trinajstić information content (AvgIpc) is 2.98. The number of nitrogens with zero attached hydrogens (tertiary/aromatic N) is 1. The second-order valence-corrected chi connectivity index (χ2v) is 11.4. The van der Waals surface area contributed by atoms with E-state index in [9.17, 15) is 0 Å². The molecule has 0 aromatic carbocycles. The van der Waals surface area contributed by atoms with Gasteiger partial charge in [-0.05, 0) is 106 Å². The van der Waals surface area contributed by atoms with Gasteiger partial charge in [-0.15, -0.1) is 0 Å². The third-order valence-corrected chi connectivity index (χ3v) is 10.6. The van der Waals surface area contributed by atoms with Crippen LogP contribution in [0.15, 0.2) is 0 Å². The van der Waals surface area contributed by atoms with Crippen LogP contribution in [0, 0.1) is 40.4 Å². The van der Waals surface area contributed by atoms with E-state index < -0.39 is 0 Å². The monoisotopic (exact) mass is 375 g/mol. The van der Waals surface area contributed by atoms with Crippen LogP contribution in [0.5, 0.6) is 0 Å². The summed E-state index contributed by atoms with van der Waals surface area (Å²) >= 11 is 0. The SMILES string of the molecule is CCC1CCC2CCC(C(C)N(C)CC)C2(C)CC(C)C2(C)CCCCC12. The second kappa shape index (κ2) is 8.37. The van der Waals surface area contributed by atoms with Gasteiger partial charge in [-0.25, -0.2) is 0 Å². The quantitative estimate of drug-likeness (QED) is 0.494. The molecule has 27 heavy (non-hydrogen) atoms. The maximum Gasteiger partial charge on any atom is 0.00973 e. The maximum absolute atomic E-state index is 2.72. The van der Waals surface area contributed by atoms with Gasteiger partial charge < -0.3 is 4.90 Å². The minimum Gasteiger partial charge on any atom is -0.304 e. The van der Waals surface area contributed by atoms with Gasteiger partial charge in [0.25, 0.3) is 0 Å². The van der Waals surface area contributed by atoms with Gasteiger partial charge in [0.05, 0.1) is 0 Å². The Morgan fingerprint density at radius 1 is 0.963 bits per heavy atom. The van der Waals surface area contributed by atoms with Crippen molar-refractivity contribution in [3.05, 3.63) is 0 Å². The van der Waals surface area contributed by atoms with Crippen molar-refractivity contribution in [3.63, 3.8) is 0 Å². The third kappa shape index (κ3) is 3.76. The summed E-state index contributed by atoms with van der Waals surface area (Å²) in [5.74, 6) is 4.70. The topological polar surface area (TPSA) is 3.24 Å². The minimum atomic E-state index is 0.551. The van der Waals surface area contributed by atoms with Gasteiger partial charge in [0, 0.05) is 6.04 Å². The van der Waals surface area contributed by atoms with Crippen LogP contribution in [0.2, 0.25) is 0 Å². The molecule has 0 saturated heterocycles. The van der Waals surface area contributed by atoms with Crippen LogP contribution in [0.1, 0.15) is 106 Å². The Kier molecular flexibility index (Phi) is 6.72. The second-order valence-electron chi connectivity index (χ2n) is 11.4. The number of hydrogen-bond donors (Lipinski definition) is 0. The largest absolute Gasteiger partial charge is 0.304 e. The molecule has 0 heterocycles. The lowest BCUT2D eigenvalue weighted by atomic mass is 9.54. The molecule has 0 aliphatic heterocycles.